The second kappa shape index (κ2) is 13.3. The number of nitriles is 1. The lowest BCUT2D eigenvalue weighted by molar-refractivity contribution is -0.112. The highest BCUT2D eigenvalue weighted by atomic mass is 79.9. The third kappa shape index (κ3) is 8.06. The fourth-order valence-electron chi connectivity index (χ4n) is 3.70. The van der Waals surface area contributed by atoms with E-state index in [4.69, 9.17) is 9.47 Å². The molecule has 0 unspecified atom stereocenters. The van der Waals surface area contributed by atoms with E-state index in [0.29, 0.717) is 36.0 Å². The molecule has 1 N–H and O–H groups in total. The smallest absolute Gasteiger partial charge is 0.266 e. The van der Waals surface area contributed by atoms with Gasteiger partial charge in [-0.05, 0) is 96.8 Å². The third-order valence-corrected chi connectivity index (χ3v) is 7.06. The molecule has 4 aromatic carbocycles. The van der Waals surface area contributed by atoms with E-state index < -0.39 is 5.91 Å². The van der Waals surface area contributed by atoms with Crippen molar-refractivity contribution < 1.29 is 14.3 Å². The lowest BCUT2D eigenvalue weighted by Crippen LogP contribution is -2.13. The van der Waals surface area contributed by atoms with Crippen molar-refractivity contribution >= 4 is 49.5 Å². The van der Waals surface area contributed by atoms with Crippen LogP contribution in [-0.4, -0.2) is 5.91 Å². The Labute approximate surface area is 245 Å². The molecule has 0 aliphatic rings. The zero-order chi connectivity index (χ0) is 27.8. The van der Waals surface area contributed by atoms with Gasteiger partial charge >= 0.3 is 0 Å². The van der Waals surface area contributed by atoms with Crippen molar-refractivity contribution in [2.45, 2.75) is 27.1 Å². The number of nitrogens with one attached hydrogen (secondary N) is 1. The summed E-state index contributed by atoms with van der Waals surface area (Å²) in [5, 5.41) is 12.5. The molecule has 5 nitrogen and oxygen atoms in total. The minimum atomic E-state index is -0.513. The Balaban J connectivity index is 1.42. The zero-order valence-electron chi connectivity index (χ0n) is 21.5. The first kappa shape index (κ1) is 28.2. The number of aryl methyl sites for hydroxylation is 2. The summed E-state index contributed by atoms with van der Waals surface area (Å²) in [4.78, 5) is 12.9. The lowest BCUT2D eigenvalue weighted by Gasteiger charge is -2.12. The fraction of sp³-hybridized carbons (Fsp3) is 0.125. The van der Waals surface area contributed by atoms with Gasteiger partial charge in [0.15, 0.2) is 0 Å². The first-order valence-corrected chi connectivity index (χ1v) is 13.8. The van der Waals surface area contributed by atoms with Gasteiger partial charge in [-0.2, -0.15) is 5.26 Å². The van der Waals surface area contributed by atoms with Crippen LogP contribution < -0.4 is 14.8 Å². The van der Waals surface area contributed by atoms with Crippen molar-refractivity contribution in [2.75, 3.05) is 5.32 Å². The van der Waals surface area contributed by atoms with Crippen molar-refractivity contribution in [2.24, 2.45) is 0 Å². The number of rotatable bonds is 9. The van der Waals surface area contributed by atoms with Crippen molar-refractivity contribution in [1.82, 2.24) is 0 Å². The number of carbonyl (C=O) groups is 1. The average Bonchev–Trinajstić information content (AvgIpc) is 2.93. The molecule has 7 heteroatoms. The second-order valence-corrected chi connectivity index (χ2v) is 10.8. The summed E-state index contributed by atoms with van der Waals surface area (Å²) < 4.78 is 13.7. The van der Waals surface area contributed by atoms with Gasteiger partial charge in [0.05, 0.1) is 0 Å². The van der Waals surface area contributed by atoms with E-state index in [1.165, 1.54) is 17.2 Å². The molecule has 0 saturated carbocycles. The Morgan fingerprint density at radius 3 is 2.18 bits per heavy atom. The number of hydrogen-bond donors (Lipinski definition) is 1. The van der Waals surface area contributed by atoms with E-state index in [1.54, 1.807) is 24.3 Å². The van der Waals surface area contributed by atoms with E-state index >= 15 is 0 Å². The Bertz CT molecular complexity index is 1540. The normalized spacial score (nSPS) is 11.0. The van der Waals surface area contributed by atoms with Crippen LogP contribution in [0.4, 0.5) is 5.69 Å². The maximum atomic E-state index is 12.9. The molecular formula is C32H26Br2N2O3. The van der Waals surface area contributed by atoms with Gasteiger partial charge in [0, 0.05) is 20.2 Å². The molecule has 39 heavy (non-hydrogen) atoms. The van der Waals surface area contributed by atoms with Gasteiger partial charge in [-0.1, -0.05) is 62.2 Å². The predicted molar refractivity (Wildman–Crippen MR) is 162 cm³/mol. The molecule has 0 heterocycles. The molecule has 0 aromatic heterocycles. The van der Waals surface area contributed by atoms with Crippen LogP contribution in [0.25, 0.3) is 6.08 Å². The molecule has 0 atom stereocenters. The summed E-state index contributed by atoms with van der Waals surface area (Å²) >= 11 is 6.89. The van der Waals surface area contributed by atoms with Crippen molar-refractivity contribution in [3.8, 4) is 17.6 Å². The summed E-state index contributed by atoms with van der Waals surface area (Å²) in [6, 6.07) is 28.6. The monoisotopic (exact) mass is 644 g/mol. The van der Waals surface area contributed by atoms with Crippen molar-refractivity contribution in [1.29, 1.82) is 5.26 Å². The summed E-state index contributed by atoms with van der Waals surface area (Å²) in [5.41, 5.74) is 5.63. The molecule has 196 valence electrons. The molecule has 4 rings (SSSR count). The standard InChI is InChI=1S/C32H26Br2N2O3/c1-21-3-4-24(15-22(21)2)20-39-31-14-9-28(34)17-25(31)16-26(18-35)32(37)36-29-10-12-30(13-11-29)38-19-23-5-7-27(33)8-6-23/h3-17H,19-20H2,1-2H3,(H,36,37)/b26-16+. The number of anilines is 1. The SMILES string of the molecule is Cc1ccc(COc2ccc(Br)cc2/C=C(\C#N)C(=O)Nc2ccc(OCc3ccc(Br)cc3)cc2)cc1C. The van der Waals surface area contributed by atoms with Crippen molar-refractivity contribution in [3.63, 3.8) is 0 Å². The minimum absolute atomic E-state index is 0.0419. The van der Waals surface area contributed by atoms with Gasteiger partial charge in [-0.25, -0.2) is 0 Å². The Morgan fingerprint density at radius 2 is 1.49 bits per heavy atom. The third-order valence-electron chi connectivity index (χ3n) is 6.03. The molecule has 0 fully saturated rings. The Hall–Kier alpha value is -3.86. The maximum Gasteiger partial charge on any atom is 0.266 e. The highest BCUT2D eigenvalue weighted by Gasteiger charge is 2.13. The van der Waals surface area contributed by atoms with E-state index in [2.05, 4.69) is 63.2 Å². The first-order valence-electron chi connectivity index (χ1n) is 12.2. The molecule has 0 radical (unpaired) electrons. The van der Waals surface area contributed by atoms with Gasteiger partial charge < -0.3 is 14.8 Å². The minimum Gasteiger partial charge on any atom is -0.489 e. The molecule has 0 aliphatic heterocycles. The summed E-state index contributed by atoms with van der Waals surface area (Å²) in [6.07, 6.45) is 1.53. The molecule has 0 spiro atoms. The molecular weight excluding hydrogens is 620 g/mol. The molecule has 0 aliphatic carbocycles. The molecule has 0 bridgehead atoms. The zero-order valence-corrected chi connectivity index (χ0v) is 24.7. The van der Waals surface area contributed by atoms with Gasteiger partial charge in [-0.15, -0.1) is 0 Å². The van der Waals surface area contributed by atoms with Crippen LogP contribution in [0, 0.1) is 25.2 Å². The lowest BCUT2D eigenvalue weighted by atomic mass is 10.1. The number of halogens is 2. The van der Waals surface area contributed by atoms with Crippen LogP contribution in [0.3, 0.4) is 0 Å². The number of hydrogen-bond acceptors (Lipinski definition) is 4. The molecule has 4 aromatic rings. The fourth-order valence-corrected chi connectivity index (χ4v) is 4.35. The van der Waals surface area contributed by atoms with E-state index in [9.17, 15) is 10.1 Å². The topological polar surface area (TPSA) is 71.3 Å². The van der Waals surface area contributed by atoms with Crippen LogP contribution in [0.15, 0.2) is 99.4 Å². The van der Waals surface area contributed by atoms with Crippen molar-refractivity contribution in [3.05, 3.63) is 127 Å². The van der Waals surface area contributed by atoms with Crippen LogP contribution in [0.5, 0.6) is 11.5 Å². The van der Waals surface area contributed by atoms with Gasteiger partial charge in [0.25, 0.3) is 5.91 Å². The number of benzene rings is 4. The Morgan fingerprint density at radius 1 is 0.821 bits per heavy atom. The van der Waals surface area contributed by atoms with Crippen LogP contribution in [0.2, 0.25) is 0 Å². The van der Waals surface area contributed by atoms with Gasteiger partial charge in [0.2, 0.25) is 0 Å². The number of carbonyl (C=O) groups excluding carboxylic acids is 1. The van der Waals surface area contributed by atoms with E-state index in [0.717, 1.165) is 20.1 Å². The number of amides is 1. The van der Waals surface area contributed by atoms with Gasteiger partial charge in [0.1, 0.15) is 36.4 Å². The quantitative estimate of drug-likeness (QED) is 0.146. The summed E-state index contributed by atoms with van der Waals surface area (Å²) in [7, 11) is 0. The summed E-state index contributed by atoms with van der Waals surface area (Å²) in [6.45, 7) is 4.93. The highest BCUT2D eigenvalue weighted by Crippen LogP contribution is 2.27. The Kier molecular flexibility index (Phi) is 9.59. The maximum absolute atomic E-state index is 12.9. The van der Waals surface area contributed by atoms with Crippen LogP contribution in [0.1, 0.15) is 27.8 Å². The van der Waals surface area contributed by atoms with E-state index in [-0.39, 0.29) is 5.57 Å². The van der Waals surface area contributed by atoms with Gasteiger partial charge in [-0.3, -0.25) is 4.79 Å². The van der Waals surface area contributed by atoms with E-state index in [1.807, 2.05) is 54.6 Å². The first-order chi connectivity index (χ1) is 18.8. The number of ether oxygens (including phenoxy) is 2. The number of nitrogens with zero attached hydrogens (tertiary/aromatic N) is 1. The van der Waals surface area contributed by atoms with Crippen LogP contribution in [-0.2, 0) is 18.0 Å². The predicted octanol–water partition coefficient (Wildman–Crippen LogP) is 8.53. The average molecular weight is 646 g/mol. The largest absolute Gasteiger partial charge is 0.489 e. The molecule has 0 saturated heterocycles. The van der Waals surface area contributed by atoms with Crippen LogP contribution >= 0.6 is 31.9 Å². The highest BCUT2D eigenvalue weighted by molar-refractivity contribution is 9.10. The summed E-state index contributed by atoms with van der Waals surface area (Å²) in [5.74, 6) is 0.733. The second-order valence-electron chi connectivity index (χ2n) is 8.95. The molecule has 1 amide bonds.